The molecule has 7 heteroatoms. The average Bonchev–Trinajstić information content (AvgIpc) is 2.77. The Morgan fingerprint density at radius 1 is 1.00 bits per heavy atom. The van der Waals surface area contributed by atoms with Gasteiger partial charge in [0.1, 0.15) is 12.4 Å². The number of hydrogen-bond donors (Lipinski definition) is 1. The van der Waals surface area contributed by atoms with Crippen molar-refractivity contribution in [3.05, 3.63) is 59.7 Å². The van der Waals surface area contributed by atoms with Crippen LogP contribution in [-0.4, -0.2) is 62.8 Å². The number of amides is 2. The molecule has 1 aliphatic heterocycles. The van der Waals surface area contributed by atoms with Crippen LogP contribution in [0.1, 0.15) is 27.6 Å². The number of anilines is 1. The number of ether oxygens (including phenoxy) is 3. The summed E-state index contributed by atoms with van der Waals surface area (Å²) in [6.45, 7) is 5.44. The molecular weight excluding hydrogens is 372 g/mol. The van der Waals surface area contributed by atoms with E-state index in [9.17, 15) is 9.59 Å². The fourth-order valence-corrected chi connectivity index (χ4v) is 3.04. The molecular formula is C22H26N2O5. The average molecular weight is 398 g/mol. The third-order valence-corrected chi connectivity index (χ3v) is 4.53. The molecule has 0 atom stereocenters. The summed E-state index contributed by atoms with van der Waals surface area (Å²) >= 11 is 0. The van der Waals surface area contributed by atoms with Crippen molar-refractivity contribution in [3.8, 4) is 5.75 Å². The van der Waals surface area contributed by atoms with Gasteiger partial charge in [0.2, 0.25) is 0 Å². The monoisotopic (exact) mass is 398 g/mol. The summed E-state index contributed by atoms with van der Waals surface area (Å²) in [5, 5.41) is 2.86. The van der Waals surface area contributed by atoms with Crippen LogP contribution in [0.25, 0.3) is 0 Å². The highest BCUT2D eigenvalue weighted by atomic mass is 16.5. The maximum atomic E-state index is 12.9. The minimum absolute atomic E-state index is 0.120. The van der Waals surface area contributed by atoms with Crippen molar-refractivity contribution in [2.75, 3.05) is 51.4 Å². The van der Waals surface area contributed by atoms with Gasteiger partial charge in [0.15, 0.2) is 0 Å². The molecule has 0 aliphatic carbocycles. The number of carbonyl (C=O) groups is 2. The van der Waals surface area contributed by atoms with Gasteiger partial charge in [-0.05, 0) is 31.2 Å². The fraction of sp³-hybridized carbons (Fsp3) is 0.364. The Labute approximate surface area is 170 Å². The minimum Gasteiger partial charge on any atom is -0.490 e. The third kappa shape index (κ3) is 5.56. The van der Waals surface area contributed by atoms with Crippen molar-refractivity contribution in [2.24, 2.45) is 0 Å². The summed E-state index contributed by atoms with van der Waals surface area (Å²) in [5.41, 5.74) is 1.33. The van der Waals surface area contributed by atoms with Gasteiger partial charge in [-0.25, -0.2) is 0 Å². The van der Waals surface area contributed by atoms with Gasteiger partial charge in [0, 0.05) is 19.7 Å². The first-order chi connectivity index (χ1) is 14.2. The number of rotatable bonds is 8. The minimum atomic E-state index is -0.334. The normalized spacial score (nSPS) is 13.8. The van der Waals surface area contributed by atoms with Crippen molar-refractivity contribution in [3.63, 3.8) is 0 Å². The molecule has 0 aromatic heterocycles. The quantitative estimate of drug-likeness (QED) is 0.692. The predicted molar refractivity (Wildman–Crippen MR) is 110 cm³/mol. The zero-order valence-electron chi connectivity index (χ0n) is 16.6. The number of carbonyl (C=O) groups excluding carboxylic acids is 2. The molecule has 0 saturated carbocycles. The second-order valence-corrected chi connectivity index (χ2v) is 6.45. The molecule has 2 aromatic rings. The van der Waals surface area contributed by atoms with Crippen molar-refractivity contribution < 1.29 is 23.8 Å². The summed E-state index contributed by atoms with van der Waals surface area (Å²) in [6.07, 6.45) is 0. The Hall–Kier alpha value is -2.90. The van der Waals surface area contributed by atoms with E-state index in [-0.39, 0.29) is 11.8 Å². The highest BCUT2D eigenvalue weighted by Crippen LogP contribution is 2.23. The molecule has 1 aliphatic rings. The van der Waals surface area contributed by atoms with Crippen LogP contribution in [0.3, 0.4) is 0 Å². The van der Waals surface area contributed by atoms with Gasteiger partial charge >= 0.3 is 0 Å². The Bertz CT molecular complexity index is 833. The summed E-state index contributed by atoms with van der Waals surface area (Å²) in [4.78, 5) is 27.5. The van der Waals surface area contributed by atoms with E-state index in [0.29, 0.717) is 68.7 Å². The highest BCUT2D eigenvalue weighted by Gasteiger charge is 2.22. The number of para-hydroxylation sites is 2. The van der Waals surface area contributed by atoms with E-state index >= 15 is 0 Å². The highest BCUT2D eigenvalue weighted by molar-refractivity contribution is 6.10. The summed E-state index contributed by atoms with van der Waals surface area (Å²) in [6, 6.07) is 14.0. The first kappa shape index (κ1) is 20.8. The summed E-state index contributed by atoms with van der Waals surface area (Å²) < 4.78 is 16.3. The van der Waals surface area contributed by atoms with Crippen LogP contribution in [-0.2, 0) is 9.47 Å². The van der Waals surface area contributed by atoms with Gasteiger partial charge in [0.05, 0.1) is 36.6 Å². The van der Waals surface area contributed by atoms with Crippen LogP contribution < -0.4 is 10.1 Å². The van der Waals surface area contributed by atoms with Crippen molar-refractivity contribution in [1.82, 2.24) is 4.90 Å². The van der Waals surface area contributed by atoms with Crippen molar-refractivity contribution >= 4 is 17.5 Å². The van der Waals surface area contributed by atoms with Crippen LogP contribution in [0, 0.1) is 0 Å². The topological polar surface area (TPSA) is 77.1 Å². The first-order valence-electron chi connectivity index (χ1n) is 9.77. The predicted octanol–water partition coefficient (Wildman–Crippen LogP) is 2.83. The maximum absolute atomic E-state index is 12.9. The maximum Gasteiger partial charge on any atom is 0.259 e. The molecule has 154 valence electrons. The molecule has 1 fully saturated rings. The van der Waals surface area contributed by atoms with Gasteiger partial charge in [-0.3, -0.25) is 9.59 Å². The molecule has 3 rings (SSSR count). The number of morpholine rings is 1. The van der Waals surface area contributed by atoms with Gasteiger partial charge in [-0.1, -0.05) is 24.3 Å². The van der Waals surface area contributed by atoms with Gasteiger partial charge in [-0.15, -0.1) is 0 Å². The van der Waals surface area contributed by atoms with E-state index in [2.05, 4.69) is 5.32 Å². The molecule has 2 amide bonds. The lowest BCUT2D eigenvalue weighted by molar-refractivity contribution is 0.0303. The largest absolute Gasteiger partial charge is 0.490 e. The zero-order chi connectivity index (χ0) is 20.5. The summed E-state index contributed by atoms with van der Waals surface area (Å²) in [5.74, 6) is 0.0198. The van der Waals surface area contributed by atoms with E-state index in [4.69, 9.17) is 14.2 Å². The number of hydrogen-bond acceptors (Lipinski definition) is 5. The van der Waals surface area contributed by atoms with Gasteiger partial charge < -0.3 is 24.4 Å². The van der Waals surface area contributed by atoms with E-state index in [1.54, 1.807) is 47.4 Å². The number of benzene rings is 2. The van der Waals surface area contributed by atoms with Crippen LogP contribution in [0.15, 0.2) is 48.5 Å². The van der Waals surface area contributed by atoms with Crippen LogP contribution in [0.5, 0.6) is 5.75 Å². The molecule has 0 radical (unpaired) electrons. The fourth-order valence-electron chi connectivity index (χ4n) is 3.04. The van der Waals surface area contributed by atoms with Crippen LogP contribution >= 0.6 is 0 Å². The Balaban J connectivity index is 1.74. The second-order valence-electron chi connectivity index (χ2n) is 6.45. The molecule has 0 spiro atoms. The molecule has 7 nitrogen and oxygen atoms in total. The first-order valence-corrected chi connectivity index (χ1v) is 9.77. The number of nitrogens with one attached hydrogen (secondary N) is 1. The lowest BCUT2D eigenvalue weighted by Crippen LogP contribution is -2.41. The van der Waals surface area contributed by atoms with Crippen molar-refractivity contribution in [1.29, 1.82) is 0 Å². The Kier molecular flexibility index (Phi) is 7.61. The lowest BCUT2D eigenvalue weighted by atomic mass is 10.1. The lowest BCUT2D eigenvalue weighted by Gasteiger charge is -2.27. The van der Waals surface area contributed by atoms with E-state index in [0.717, 1.165) is 0 Å². The molecule has 2 aromatic carbocycles. The number of nitrogens with zero attached hydrogens (tertiary/aromatic N) is 1. The molecule has 1 N–H and O–H groups in total. The molecule has 1 saturated heterocycles. The molecule has 29 heavy (non-hydrogen) atoms. The zero-order valence-corrected chi connectivity index (χ0v) is 16.6. The van der Waals surface area contributed by atoms with E-state index < -0.39 is 0 Å². The standard InChI is InChI=1S/C22H26N2O5/c1-2-27-15-16-29-20-10-6-4-8-18(20)21(25)23-19-9-5-3-7-17(19)22(26)24-11-13-28-14-12-24/h3-10H,2,11-16H2,1H3,(H,23,25). The SMILES string of the molecule is CCOCCOc1ccccc1C(=O)Nc1ccccc1C(=O)N1CCOCC1. The van der Waals surface area contributed by atoms with E-state index in [1.165, 1.54) is 0 Å². The second kappa shape index (κ2) is 10.6. The third-order valence-electron chi connectivity index (χ3n) is 4.53. The van der Waals surface area contributed by atoms with Gasteiger partial charge in [-0.2, -0.15) is 0 Å². The van der Waals surface area contributed by atoms with Gasteiger partial charge in [0.25, 0.3) is 11.8 Å². The summed E-state index contributed by atoms with van der Waals surface area (Å²) in [7, 11) is 0. The molecule has 0 unspecified atom stereocenters. The Morgan fingerprint density at radius 2 is 1.69 bits per heavy atom. The van der Waals surface area contributed by atoms with E-state index in [1.807, 2.05) is 13.0 Å². The van der Waals surface area contributed by atoms with Crippen molar-refractivity contribution in [2.45, 2.75) is 6.92 Å². The molecule has 1 heterocycles. The van der Waals surface area contributed by atoms with Crippen LogP contribution in [0.4, 0.5) is 5.69 Å². The molecule has 0 bridgehead atoms. The van der Waals surface area contributed by atoms with Crippen LogP contribution in [0.2, 0.25) is 0 Å². The smallest absolute Gasteiger partial charge is 0.259 e. The Morgan fingerprint density at radius 3 is 2.45 bits per heavy atom.